The molecule has 3 heterocycles. The number of aliphatic hydroxyl groups is 1. The Morgan fingerprint density at radius 2 is 2.30 bits per heavy atom. The van der Waals surface area contributed by atoms with Crippen molar-refractivity contribution in [1.29, 1.82) is 0 Å². The Kier molecular flexibility index (Phi) is 4.47. The minimum atomic E-state index is -4.66. The number of carbonyl (C=O) groups is 1. The predicted molar refractivity (Wildman–Crippen MR) is 82.9 cm³/mol. The number of aromatic nitrogens is 1. The maximum atomic E-state index is 12.6. The SMILES string of the molecule is O=C(Nc1nc2ccsc2s1)N1CCCC(C(O)C(F)(F)F)C1. The molecule has 5 nitrogen and oxygen atoms in total. The van der Waals surface area contributed by atoms with Crippen LogP contribution in [0.2, 0.25) is 0 Å². The number of likely N-dealkylation sites (tertiary alicyclic amines) is 1. The summed E-state index contributed by atoms with van der Waals surface area (Å²) >= 11 is 2.84. The molecule has 2 N–H and O–H groups in total. The summed E-state index contributed by atoms with van der Waals surface area (Å²) in [6.45, 7) is 0.249. The number of thiophene rings is 1. The molecule has 2 aromatic rings. The normalized spacial score (nSPS) is 20.7. The second kappa shape index (κ2) is 6.25. The predicted octanol–water partition coefficient (Wildman–Crippen LogP) is 3.52. The maximum Gasteiger partial charge on any atom is 0.414 e. The van der Waals surface area contributed by atoms with Crippen LogP contribution in [0.3, 0.4) is 0 Å². The number of alkyl halides is 3. The van der Waals surface area contributed by atoms with Crippen LogP contribution >= 0.6 is 22.7 Å². The molecular formula is C13H14F3N3O2S2. The number of hydrogen-bond acceptors (Lipinski definition) is 5. The van der Waals surface area contributed by atoms with Gasteiger partial charge in [-0.3, -0.25) is 5.32 Å². The monoisotopic (exact) mass is 365 g/mol. The van der Waals surface area contributed by atoms with Gasteiger partial charge in [-0.05, 0) is 24.3 Å². The number of amides is 2. The van der Waals surface area contributed by atoms with Gasteiger partial charge in [0.25, 0.3) is 0 Å². The highest BCUT2D eigenvalue weighted by Crippen LogP contribution is 2.32. The molecule has 2 aromatic heterocycles. The van der Waals surface area contributed by atoms with E-state index in [-0.39, 0.29) is 13.0 Å². The lowest BCUT2D eigenvalue weighted by atomic mass is 9.92. The van der Waals surface area contributed by atoms with Gasteiger partial charge in [-0.1, -0.05) is 11.3 Å². The highest BCUT2D eigenvalue weighted by Gasteiger charge is 2.45. The Balaban J connectivity index is 1.63. The average molecular weight is 365 g/mol. The maximum absolute atomic E-state index is 12.6. The van der Waals surface area contributed by atoms with Gasteiger partial charge >= 0.3 is 12.2 Å². The van der Waals surface area contributed by atoms with Crippen LogP contribution < -0.4 is 5.32 Å². The number of urea groups is 1. The van der Waals surface area contributed by atoms with Crippen LogP contribution in [0.5, 0.6) is 0 Å². The molecule has 10 heteroatoms. The highest BCUT2D eigenvalue weighted by atomic mass is 32.2. The molecule has 1 saturated heterocycles. The third-order valence-electron chi connectivity index (χ3n) is 3.76. The largest absolute Gasteiger partial charge is 0.414 e. The fourth-order valence-electron chi connectivity index (χ4n) is 2.61. The molecule has 0 bridgehead atoms. The van der Waals surface area contributed by atoms with Crippen LogP contribution in [0.15, 0.2) is 11.4 Å². The van der Waals surface area contributed by atoms with E-state index in [2.05, 4.69) is 10.3 Å². The topological polar surface area (TPSA) is 65.5 Å². The summed E-state index contributed by atoms with van der Waals surface area (Å²) in [6, 6.07) is 1.36. The lowest BCUT2D eigenvalue weighted by Gasteiger charge is -2.35. The second-order valence-corrected chi connectivity index (χ2v) is 7.55. The van der Waals surface area contributed by atoms with Crippen molar-refractivity contribution in [2.24, 2.45) is 5.92 Å². The van der Waals surface area contributed by atoms with Gasteiger partial charge in [0.05, 0.1) is 5.52 Å². The first-order chi connectivity index (χ1) is 10.8. The minimum Gasteiger partial charge on any atom is -0.383 e. The fourth-order valence-corrected chi connectivity index (χ4v) is 4.44. The Morgan fingerprint density at radius 1 is 1.52 bits per heavy atom. The van der Waals surface area contributed by atoms with E-state index in [1.54, 1.807) is 0 Å². The van der Waals surface area contributed by atoms with Crippen molar-refractivity contribution >= 4 is 43.4 Å². The van der Waals surface area contributed by atoms with Crippen molar-refractivity contribution < 1.29 is 23.1 Å². The molecule has 126 valence electrons. The number of carbonyl (C=O) groups excluding carboxylic acids is 1. The minimum absolute atomic E-state index is 0.119. The molecule has 2 atom stereocenters. The zero-order valence-electron chi connectivity index (χ0n) is 11.8. The first-order valence-corrected chi connectivity index (χ1v) is 8.69. The zero-order chi connectivity index (χ0) is 16.6. The van der Waals surface area contributed by atoms with Gasteiger partial charge in [0.1, 0.15) is 4.01 Å². The van der Waals surface area contributed by atoms with E-state index in [4.69, 9.17) is 0 Å². The number of nitrogens with one attached hydrogen (secondary N) is 1. The van der Waals surface area contributed by atoms with Gasteiger partial charge in [0, 0.05) is 19.0 Å². The number of aliphatic hydroxyl groups excluding tert-OH is 1. The van der Waals surface area contributed by atoms with Crippen LogP contribution in [0.1, 0.15) is 12.8 Å². The van der Waals surface area contributed by atoms with E-state index in [1.807, 2.05) is 11.4 Å². The van der Waals surface area contributed by atoms with Crippen molar-refractivity contribution in [3.05, 3.63) is 11.4 Å². The summed E-state index contributed by atoms with van der Waals surface area (Å²) in [5.74, 6) is -0.991. The van der Waals surface area contributed by atoms with Gasteiger partial charge in [0.15, 0.2) is 11.2 Å². The summed E-state index contributed by atoms with van der Waals surface area (Å²) in [6.07, 6.45) is -6.39. The molecule has 3 rings (SSSR count). The van der Waals surface area contributed by atoms with Crippen LogP contribution in [-0.2, 0) is 0 Å². The summed E-state index contributed by atoms with van der Waals surface area (Å²) in [5, 5.41) is 14.3. The second-order valence-electron chi connectivity index (χ2n) is 5.38. The number of piperidine rings is 1. The summed E-state index contributed by atoms with van der Waals surface area (Å²) in [5.41, 5.74) is 0.791. The number of halogens is 3. The number of fused-ring (bicyclic) bond motifs is 1. The van der Waals surface area contributed by atoms with E-state index in [1.165, 1.54) is 27.6 Å². The molecule has 23 heavy (non-hydrogen) atoms. The van der Waals surface area contributed by atoms with Gasteiger partial charge in [-0.25, -0.2) is 9.78 Å². The van der Waals surface area contributed by atoms with Gasteiger partial charge in [-0.15, -0.1) is 11.3 Å². The Labute approximate surface area is 137 Å². The van der Waals surface area contributed by atoms with Crippen molar-refractivity contribution in [3.63, 3.8) is 0 Å². The smallest absolute Gasteiger partial charge is 0.383 e. The Hall–Kier alpha value is -1.39. The molecule has 0 aromatic carbocycles. The molecular weight excluding hydrogens is 351 g/mol. The van der Waals surface area contributed by atoms with E-state index in [9.17, 15) is 23.1 Å². The molecule has 2 amide bonds. The number of nitrogens with zero attached hydrogens (tertiary/aromatic N) is 2. The van der Waals surface area contributed by atoms with E-state index in [0.29, 0.717) is 18.1 Å². The molecule has 1 fully saturated rings. The molecule has 0 saturated carbocycles. The van der Waals surface area contributed by atoms with Gasteiger partial charge < -0.3 is 10.0 Å². The van der Waals surface area contributed by atoms with Gasteiger partial charge in [0.2, 0.25) is 0 Å². The van der Waals surface area contributed by atoms with Gasteiger partial charge in [-0.2, -0.15) is 13.2 Å². The first kappa shape index (κ1) is 16.5. The summed E-state index contributed by atoms with van der Waals surface area (Å²) < 4.78 is 38.8. The lowest BCUT2D eigenvalue weighted by Crippen LogP contribution is -2.48. The van der Waals surface area contributed by atoms with E-state index >= 15 is 0 Å². The molecule has 0 spiro atoms. The third-order valence-corrected chi connectivity index (χ3v) is 5.78. The van der Waals surface area contributed by atoms with E-state index < -0.39 is 24.2 Å². The molecule has 2 unspecified atom stereocenters. The van der Waals surface area contributed by atoms with Crippen molar-refractivity contribution in [2.45, 2.75) is 25.1 Å². The number of thiazole rings is 1. The van der Waals surface area contributed by atoms with Crippen molar-refractivity contribution in [3.8, 4) is 0 Å². The van der Waals surface area contributed by atoms with Crippen LogP contribution in [0.4, 0.5) is 23.1 Å². The number of anilines is 1. The number of hydrogen-bond donors (Lipinski definition) is 2. The Bertz CT molecular complexity index is 671. The summed E-state index contributed by atoms with van der Waals surface area (Å²) in [7, 11) is 0. The molecule has 0 aliphatic carbocycles. The lowest BCUT2D eigenvalue weighted by molar-refractivity contribution is -0.222. The third kappa shape index (κ3) is 3.59. The molecule has 1 aliphatic rings. The zero-order valence-corrected chi connectivity index (χ0v) is 13.5. The molecule has 0 radical (unpaired) electrons. The first-order valence-electron chi connectivity index (χ1n) is 6.99. The molecule has 1 aliphatic heterocycles. The summed E-state index contributed by atoms with van der Waals surface area (Å²) in [4.78, 5) is 17.8. The standard InChI is InChI=1S/C13H14F3N3O2S2/c14-13(15,16)9(20)7-2-1-4-19(6-7)12(21)18-11-17-8-3-5-22-10(8)23-11/h3,5,7,9,20H,1-2,4,6H2,(H,17,18,21). The fraction of sp³-hybridized carbons (Fsp3) is 0.538. The van der Waals surface area contributed by atoms with Crippen LogP contribution in [-0.4, -0.2) is 46.4 Å². The van der Waals surface area contributed by atoms with E-state index in [0.717, 1.165) is 9.53 Å². The van der Waals surface area contributed by atoms with Crippen LogP contribution in [0.25, 0.3) is 9.53 Å². The van der Waals surface area contributed by atoms with Crippen molar-refractivity contribution in [1.82, 2.24) is 9.88 Å². The number of rotatable bonds is 2. The van der Waals surface area contributed by atoms with Crippen LogP contribution in [0, 0.1) is 5.92 Å². The average Bonchev–Trinajstić information content (AvgIpc) is 3.06. The Morgan fingerprint density at radius 3 is 3.00 bits per heavy atom. The highest BCUT2D eigenvalue weighted by molar-refractivity contribution is 7.39. The quantitative estimate of drug-likeness (QED) is 0.856. The van der Waals surface area contributed by atoms with Crippen molar-refractivity contribution in [2.75, 3.05) is 18.4 Å².